The van der Waals surface area contributed by atoms with Crippen LogP contribution >= 0.6 is 0 Å². The van der Waals surface area contributed by atoms with Crippen molar-refractivity contribution in [3.63, 3.8) is 0 Å². The summed E-state index contributed by atoms with van der Waals surface area (Å²) in [5, 5.41) is 0. The van der Waals surface area contributed by atoms with Crippen molar-refractivity contribution >= 4 is 11.6 Å². The van der Waals surface area contributed by atoms with E-state index in [4.69, 9.17) is 0 Å². The van der Waals surface area contributed by atoms with Crippen molar-refractivity contribution in [1.29, 1.82) is 0 Å². The van der Waals surface area contributed by atoms with E-state index in [1.165, 1.54) is 69.8 Å². The molecule has 0 amide bonds. The summed E-state index contributed by atoms with van der Waals surface area (Å²) in [6.45, 7) is 4.45. The van der Waals surface area contributed by atoms with Crippen LogP contribution in [0.5, 0.6) is 0 Å². The molecular weight excluding hydrogens is 380 g/mol. The molecule has 1 aliphatic carbocycles. The van der Waals surface area contributed by atoms with E-state index in [9.17, 15) is 9.59 Å². The predicted octanol–water partition coefficient (Wildman–Crippen LogP) is 8.82. The molecule has 0 aliphatic heterocycles. The number of Topliss-reactive ketones (excluding diaryl/α,β-unsaturated/α-hetero) is 2. The molecule has 2 nitrogen and oxygen atoms in total. The van der Waals surface area contributed by atoms with Crippen molar-refractivity contribution in [3.8, 4) is 0 Å². The molecule has 0 heterocycles. The minimum Gasteiger partial charge on any atom is -0.299 e. The summed E-state index contributed by atoms with van der Waals surface area (Å²) in [6, 6.07) is 8.15. The first-order valence-corrected chi connectivity index (χ1v) is 13.3. The van der Waals surface area contributed by atoms with E-state index < -0.39 is 0 Å². The lowest BCUT2D eigenvalue weighted by Crippen LogP contribution is -2.24. The van der Waals surface area contributed by atoms with Crippen molar-refractivity contribution in [2.75, 3.05) is 0 Å². The van der Waals surface area contributed by atoms with Crippen LogP contribution in [-0.4, -0.2) is 11.6 Å². The van der Waals surface area contributed by atoms with Crippen molar-refractivity contribution in [2.24, 2.45) is 5.92 Å². The molecule has 0 radical (unpaired) electrons. The molecule has 1 aromatic rings. The third kappa shape index (κ3) is 9.71. The van der Waals surface area contributed by atoms with E-state index in [0.717, 1.165) is 37.7 Å². The van der Waals surface area contributed by atoms with Gasteiger partial charge in [-0.1, -0.05) is 109 Å². The summed E-state index contributed by atoms with van der Waals surface area (Å²) in [4.78, 5) is 25.1. The van der Waals surface area contributed by atoms with Gasteiger partial charge in [-0.05, 0) is 37.2 Å². The van der Waals surface area contributed by atoms with E-state index in [0.29, 0.717) is 30.5 Å². The molecule has 2 rings (SSSR count). The third-order valence-electron chi connectivity index (χ3n) is 7.13. The molecule has 1 aliphatic rings. The lowest BCUT2D eigenvalue weighted by Gasteiger charge is -2.28. The van der Waals surface area contributed by atoms with E-state index in [2.05, 4.69) is 26.0 Å². The highest BCUT2D eigenvalue weighted by Gasteiger charge is 2.28. The van der Waals surface area contributed by atoms with Crippen molar-refractivity contribution in [3.05, 3.63) is 35.4 Å². The highest BCUT2D eigenvalue weighted by molar-refractivity contribution is 5.96. The van der Waals surface area contributed by atoms with Crippen LogP contribution in [0.3, 0.4) is 0 Å². The summed E-state index contributed by atoms with van der Waals surface area (Å²) in [6.07, 6.45) is 19.7. The molecule has 0 N–H and O–H groups in total. The first-order chi connectivity index (χ1) is 15.2. The molecule has 31 heavy (non-hydrogen) atoms. The van der Waals surface area contributed by atoms with Gasteiger partial charge in [0.05, 0.1) is 0 Å². The fourth-order valence-corrected chi connectivity index (χ4v) is 4.99. The number of unbranched alkanes of at least 4 members (excludes halogenated alkanes) is 10. The lowest BCUT2D eigenvalue weighted by molar-refractivity contribution is -0.125. The van der Waals surface area contributed by atoms with Gasteiger partial charge in [-0.15, -0.1) is 0 Å². The molecule has 0 spiro atoms. The van der Waals surface area contributed by atoms with Crippen LogP contribution in [0, 0.1) is 5.92 Å². The molecule has 2 atom stereocenters. The Morgan fingerprint density at radius 3 is 1.97 bits per heavy atom. The zero-order valence-corrected chi connectivity index (χ0v) is 20.3. The Labute approximate surface area is 191 Å². The molecule has 0 bridgehead atoms. The van der Waals surface area contributed by atoms with Gasteiger partial charge in [0, 0.05) is 24.3 Å². The van der Waals surface area contributed by atoms with Crippen molar-refractivity contribution in [2.45, 2.75) is 129 Å². The van der Waals surface area contributed by atoms with Crippen LogP contribution in [0.15, 0.2) is 24.3 Å². The Kier molecular flexibility index (Phi) is 12.8. The van der Waals surface area contributed by atoms with Gasteiger partial charge in [0.25, 0.3) is 0 Å². The molecular formula is C29H46O2. The van der Waals surface area contributed by atoms with E-state index in [1.807, 2.05) is 12.1 Å². The second-order valence-electron chi connectivity index (χ2n) is 9.76. The predicted molar refractivity (Wildman–Crippen MR) is 132 cm³/mol. The van der Waals surface area contributed by atoms with Gasteiger partial charge in [-0.2, -0.15) is 0 Å². The van der Waals surface area contributed by atoms with Gasteiger partial charge in [0.15, 0.2) is 5.78 Å². The Hall–Kier alpha value is -1.44. The summed E-state index contributed by atoms with van der Waals surface area (Å²) < 4.78 is 0. The molecule has 174 valence electrons. The molecule has 2 heteroatoms. The highest BCUT2D eigenvalue weighted by Crippen LogP contribution is 2.36. The maximum atomic E-state index is 12.7. The maximum absolute atomic E-state index is 12.7. The molecule has 1 saturated carbocycles. The van der Waals surface area contributed by atoms with Crippen LogP contribution < -0.4 is 0 Å². The molecule has 1 aromatic carbocycles. The van der Waals surface area contributed by atoms with Crippen LogP contribution in [0.4, 0.5) is 0 Å². The molecule has 0 aromatic heterocycles. The normalized spacial score (nSPS) is 19.0. The van der Waals surface area contributed by atoms with E-state index >= 15 is 0 Å². The Morgan fingerprint density at radius 1 is 0.774 bits per heavy atom. The third-order valence-corrected chi connectivity index (χ3v) is 7.13. The fourth-order valence-electron chi connectivity index (χ4n) is 4.99. The van der Waals surface area contributed by atoms with E-state index in [1.54, 1.807) is 0 Å². The Balaban J connectivity index is 1.67. The van der Waals surface area contributed by atoms with Gasteiger partial charge >= 0.3 is 0 Å². The molecule has 1 fully saturated rings. The highest BCUT2D eigenvalue weighted by atomic mass is 16.1. The SMILES string of the molecule is CCCCCCCCCC[C@H]1CC[C@H](c2ccc(C(=O)CCCCCC)cc2)CC1=O. The maximum Gasteiger partial charge on any atom is 0.162 e. The average molecular weight is 427 g/mol. The number of hydrogen-bond acceptors (Lipinski definition) is 2. The topological polar surface area (TPSA) is 34.1 Å². The smallest absolute Gasteiger partial charge is 0.162 e. The van der Waals surface area contributed by atoms with Crippen LogP contribution in [0.2, 0.25) is 0 Å². The number of rotatable bonds is 16. The summed E-state index contributed by atoms with van der Waals surface area (Å²) in [5.74, 6) is 1.36. The second kappa shape index (κ2) is 15.4. The van der Waals surface area contributed by atoms with E-state index in [-0.39, 0.29) is 5.78 Å². The molecule has 0 saturated heterocycles. The summed E-state index contributed by atoms with van der Waals surface area (Å²) in [5.41, 5.74) is 2.07. The van der Waals surface area contributed by atoms with Crippen molar-refractivity contribution in [1.82, 2.24) is 0 Å². The number of benzene rings is 1. The number of hydrogen-bond donors (Lipinski definition) is 0. The number of ketones is 2. The Bertz CT molecular complexity index is 631. The van der Waals surface area contributed by atoms with Crippen molar-refractivity contribution < 1.29 is 9.59 Å². The molecule has 0 unspecified atom stereocenters. The number of carbonyl (C=O) groups excluding carboxylic acids is 2. The van der Waals surface area contributed by atoms with Gasteiger partial charge < -0.3 is 0 Å². The fraction of sp³-hybridized carbons (Fsp3) is 0.724. The van der Waals surface area contributed by atoms with Crippen LogP contribution in [-0.2, 0) is 4.79 Å². The van der Waals surface area contributed by atoms with Gasteiger partial charge in [0.1, 0.15) is 5.78 Å². The Morgan fingerprint density at radius 2 is 1.35 bits per heavy atom. The van der Waals surface area contributed by atoms with Crippen LogP contribution in [0.25, 0.3) is 0 Å². The average Bonchev–Trinajstić information content (AvgIpc) is 2.79. The van der Waals surface area contributed by atoms with Gasteiger partial charge in [0.2, 0.25) is 0 Å². The van der Waals surface area contributed by atoms with Gasteiger partial charge in [-0.3, -0.25) is 9.59 Å². The van der Waals surface area contributed by atoms with Crippen LogP contribution in [0.1, 0.15) is 145 Å². The zero-order chi connectivity index (χ0) is 22.3. The standard InChI is InChI=1S/C29H46O2/c1-3-5-7-9-10-11-12-13-15-25-21-22-27(23-29(25)31)24-17-19-26(20-18-24)28(30)16-14-8-6-4-2/h17-20,25,27H,3-16,21-23H2,1-2H3/t25-,27-/m0/s1. The summed E-state index contributed by atoms with van der Waals surface area (Å²) in [7, 11) is 0. The largest absolute Gasteiger partial charge is 0.299 e. The van der Waals surface area contributed by atoms with Gasteiger partial charge in [-0.25, -0.2) is 0 Å². The summed E-state index contributed by atoms with van der Waals surface area (Å²) >= 11 is 0. The first-order valence-electron chi connectivity index (χ1n) is 13.3. The quantitative estimate of drug-likeness (QED) is 0.195. The lowest BCUT2D eigenvalue weighted by atomic mass is 9.76. The monoisotopic (exact) mass is 426 g/mol. The minimum atomic E-state index is 0.257. The second-order valence-corrected chi connectivity index (χ2v) is 9.76. The first kappa shape index (κ1) is 25.8. The minimum absolute atomic E-state index is 0.257. The number of carbonyl (C=O) groups is 2. The zero-order valence-electron chi connectivity index (χ0n) is 20.3.